The summed E-state index contributed by atoms with van der Waals surface area (Å²) in [6.45, 7) is 7.05. The largest absolute Gasteiger partial charge is 0.444 e. The van der Waals surface area contributed by atoms with Crippen LogP contribution < -0.4 is 0 Å². The van der Waals surface area contributed by atoms with Crippen molar-refractivity contribution in [3.05, 3.63) is 48.9 Å². The SMILES string of the molecule is CC(C)(C)OC(=O)N1CCCC(n2cc3ccc(-c4ccncc4)cc3n2)C1. The second-order valence-corrected chi connectivity index (χ2v) is 8.34. The van der Waals surface area contributed by atoms with E-state index in [0.717, 1.165) is 41.4 Å². The molecule has 1 aliphatic heterocycles. The highest BCUT2D eigenvalue weighted by Crippen LogP contribution is 2.27. The molecule has 1 saturated heterocycles. The zero-order valence-electron chi connectivity index (χ0n) is 16.6. The topological polar surface area (TPSA) is 60.2 Å². The molecule has 1 aromatic carbocycles. The zero-order chi connectivity index (χ0) is 19.7. The molecule has 1 aliphatic rings. The van der Waals surface area contributed by atoms with Gasteiger partial charge in [-0.05, 0) is 62.9 Å². The van der Waals surface area contributed by atoms with Crippen LogP contribution in [0.1, 0.15) is 39.7 Å². The molecule has 6 heteroatoms. The summed E-state index contributed by atoms with van der Waals surface area (Å²) in [7, 11) is 0. The fraction of sp³-hybridized carbons (Fsp3) is 0.409. The van der Waals surface area contributed by atoms with Crippen LogP contribution in [0.25, 0.3) is 22.0 Å². The Kier molecular flexibility index (Phi) is 4.79. The molecule has 28 heavy (non-hydrogen) atoms. The molecular formula is C22H26N4O2. The van der Waals surface area contributed by atoms with E-state index in [2.05, 4.69) is 29.4 Å². The molecule has 3 aromatic rings. The van der Waals surface area contributed by atoms with Gasteiger partial charge in [0.1, 0.15) is 5.60 Å². The van der Waals surface area contributed by atoms with Gasteiger partial charge in [-0.2, -0.15) is 5.10 Å². The molecule has 0 spiro atoms. The van der Waals surface area contributed by atoms with Crippen LogP contribution in [0.5, 0.6) is 0 Å². The summed E-state index contributed by atoms with van der Waals surface area (Å²) in [5, 5.41) is 5.92. The Bertz CT molecular complexity index is 975. The standard InChI is InChI=1S/C22H26N4O2/c1-22(2,3)28-21(27)25-12-4-5-19(15-25)26-14-18-7-6-17(13-20(18)24-26)16-8-10-23-11-9-16/h6-11,13-14,19H,4-5,12,15H2,1-3H3. The number of amides is 1. The van der Waals surface area contributed by atoms with E-state index in [9.17, 15) is 4.79 Å². The van der Waals surface area contributed by atoms with Crippen LogP contribution in [0.3, 0.4) is 0 Å². The lowest BCUT2D eigenvalue weighted by molar-refractivity contribution is 0.0168. The van der Waals surface area contributed by atoms with E-state index in [-0.39, 0.29) is 12.1 Å². The van der Waals surface area contributed by atoms with Crippen LogP contribution in [0.15, 0.2) is 48.9 Å². The summed E-state index contributed by atoms with van der Waals surface area (Å²) in [4.78, 5) is 18.3. The third-order valence-electron chi connectivity index (χ3n) is 4.96. The number of likely N-dealkylation sites (tertiary alicyclic amines) is 1. The van der Waals surface area contributed by atoms with Crippen LogP contribution in [0, 0.1) is 0 Å². The average molecular weight is 378 g/mol. The number of nitrogens with zero attached hydrogens (tertiary/aromatic N) is 4. The number of carbonyl (C=O) groups is 1. The molecule has 4 rings (SSSR count). The fourth-order valence-corrected chi connectivity index (χ4v) is 3.61. The van der Waals surface area contributed by atoms with Gasteiger partial charge in [0.05, 0.1) is 11.6 Å². The van der Waals surface area contributed by atoms with E-state index in [4.69, 9.17) is 9.84 Å². The number of pyridine rings is 1. The Morgan fingerprint density at radius 1 is 1.14 bits per heavy atom. The Balaban J connectivity index is 1.54. The van der Waals surface area contributed by atoms with Crippen molar-refractivity contribution in [2.24, 2.45) is 0 Å². The maximum Gasteiger partial charge on any atom is 0.410 e. The highest BCUT2D eigenvalue weighted by atomic mass is 16.6. The van der Waals surface area contributed by atoms with Crippen molar-refractivity contribution >= 4 is 17.0 Å². The van der Waals surface area contributed by atoms with Gasteiger partial charge in [0, 0.05) is 37.1 Å². The molecule has 0 N–H and O–H groups in total. The molecule has 1 amide bonds. The van der Waals surface area contributed by atoms with Gasteiger partial charge in [-0.1, -0.05) is 12.1 Å². The zero-order valence-corrected chi connectivity index (χ0v) is 16.6. The monoisotopic (exact) mass is 378 g/mol. The smallest absolute Gasteiger partial charge is 0.410 e. The second-order valence-electron chi connectivity index (χ2n) is 8.34. The minimum absolute atomic E-state index is 0.165. The first-order chi connectivity index (χ1) is 13.4. The quantitative estimate of drug-likeness (QED) is 0.650. The normalized spacial score (nSPS) is 17.7. The maximum atomic E-state index is 12.4. The van der Waals surface area contributed by atoms with E-state index in [1.807, 2.05) is 37.6 Å². The Morgan fingerprint density at radius 2 is 1.93 bits per heavy atom. The minimum Gasteiger partial charge on any atom is -0.444 e. The van der Waals surface area contributed by atoms with E-state index in [1.165, 1.54) is 0 Å². The van der Waals surface area contributed by atoms with Gasteiger partial charge in [-0.15, -0.1) is 0 Å². The molecule has 3 heterocycles. The maximum absolute atomic E-state index is 12.4. The molecular weight excluding hydrogens is 352 g/mol. The summed E-state index contributed by atoms with van der Waals surface area (Å²) in [6, 6.07) is 10.5. The molecule has 1 fully saturated rings. The number of aromatic nitrogens is 3. The van der Waals surface area contributed by atoms with Crippen molar-refractivity contribution in [3.8, 4) is 11.1 Å². The lowest BCUT2D eigenvalue weighted by Crippen LogP contribution is -2.43. The van der Waals surface area contributed by atoms with E-state index in [1.54, 1.807) is 17.3 Å². The first-order valence-corrected chi connectivity index (χ1v) is 9.76. The number of benzene rings is 1. The second kappa shape index (κ2) is 7.26. The van der Waals surface area contributed by atoms with Crippen molar-refractivity contribution in [3.63, 3.8) is 0 Å². The first kappa shape index (κ1) is 18.5. The highest BCUT2D eigenvalue weighted by molar-refractivity contribution is 5.83. The molecule has 0 radical (unpaired) electrons. The number of hydrogen-bond donors (Lipinski definition) is 0. The number of ether oxygens (including phenoxy) is 1. The van der Waals surface area contributed by atoms with E-state index < -0.39 is 5.60 Å². The van der Waals surface area contributed by atoms with Crippen LogP contribution in [0.2, 0.25) is 0 Å². The highest BCUT2D eigenvalue weighted by Gasteiger charge is 2.28. The van der Waals surface area contributed by atoms with Crippen LogP contribution in [-0.2, 0) is 4.74 Å². The number of rotatable bonds is 2. The van der Waals surface area contributed by atoms with Crippen LogP contribution in [-0.4, -0.2) is 44.4 Å². The summed E-state index contributed by atoms with van der Waals surface area (Å²) in [6.07, 6.45) is 7.38. The summed E-state index contributed by atoms with van der Waals surface area (Å²) < 4.78 is 7.55. The Hall–Kier alpha value is -2.89. The predicted molar refractivity (Wildman–Crippen MR) is 109 cm³/mol. The Labute approximate surface area is 165 Å². The molecule has 1 atom stereocenters. The third kappa shape index (κ3) is 4.01. The summed E-state index contributed by atoms with van der Waals surface area (Å²) in [5.74, 6) is 0. The molecule has 146 valence electrons. The molecule has 0 saturated carbocycles. The van der Waals surface area contributed by atoms with Gasteiger partial charge in [0.2, 0.25) is 0 Å². The number of piperidine rings is 1. The van der Waals surface area contributed by atoms with Crippen molar-refractivity contribution in [2.45, 2.75) is 45.3 Å². The lowest BCUT2D eigenvalue weighted by atomic mass is 10.1. The van der Waals surface area contributed by atoms with E-state index in [0.29, 0.717) is 6.54 Å². The fourth-order valence-electron chi connectivity index (χ4n) is 3.61. The van der Waals surface area contributed by atoms with Crippen molar-refractivity contribution in [1.82, 2.24) is 19.7 Å². The average Bonchev–Trinajstić information content (AvgIpc) is 3.11. The first-order valence-electron chi connectivity index (χ1n) is 9.76. The van der Waals surface area contributed by atoms with Gasteiger partial charge in [-0.25, -0.2) is 4.79 Å². The van der Waals surface area contributed by atoms with Gasteiger partial charge in [-0.3, -0.25) is 9.67 Å². The van der Waals surface area contributed by atoms with Crippen molar-refractivity contribution in [2.75, 3.05) is 13.1 Å². The van der Waals surface area contributed by atoms with E-state index >= 15 is 0 Å². The van der Waals surface area contributed by atoms with Crippen molar-refractivity contribution < 1.29 is 9.53 Å². The molecule has 2 aromatic heterocycles. The Morgan fingerprint density at radius 3 is 2.68 bits per heavy atom. The van der Waals surface area contributed by atoms with Gasteiger partial charge in [0.25, 0.3) is 0 Å². The summed E-state index contributed by atoms with van der Waals surface area (Å²) >= 11 is 0. The number of carbonyl (C=O) groups excluding carboxylic acids is 1. The predicted octanol–water partition coefficient (Wildman–Crippen LogP) is 4.67. The minimum atomic E-state index is -0.478. The van der Waals surface area contributed by atoms with Gasteiger partial charge < -0.3 is 9.64 Å². The van der Waals surface area contributed by atoms with Gasteiger partial charge >= 0.3 is 6.09 Å². The number of hydrogen-bond acceptors (Lipinski definition) is 4. The van der Waals surface area contributed by atoms with Crippen molar-refractivity contribution in [1.29, 1.82) is 0 Å². The molecule has 0 bridgehead atoms. The van der Waals surface area contributed by atoms with Crippen LogP contribution in [0.4, 0.5) is 4.79 Å². The molecule has 6 nitrogen and oxygen atoms in total. The third-order valence-corrected chi connectivity index (χ3v) is 4.96. The van der Waals surface area contributed by atoms with Gasteiger partial charge in [0.15, 0.2) is 0 Å². The number of fused-ring (bicyclic) bond motifs is 1. The van der Waals surface area contributed by atoms with Crippen LogP contribution >= 0.6 is 0 Å². The lowest BCUT2D eigenvalue weighted by Gasteiger charge is -2.34. The molecule has 1 unspecified atom stereocenters. The molecule has 0 aliphatic carbocycles. The summed E-state index contributed by atoms with van der Waals surface area (Å²) in [5.41, 5.74) is 2.73.